The zero-order valence-corrected chi connectivity index (χ0v) is 13.3. The Kier molecular flexibility index (Phi) is 5.17. The molecule has 0 amide bonds. The van der Waals surface area contributed by atoms with Gasteiger partial charge in [0.25, 0.3) is 0 Å². The average molecular weight is 343 g/mol. The Labute approximate surface area is 120 Å². The average Bonchev–Trinajstić information content (AvgIpc) is 2.57. The van der Waals surface area contributed by atoms with Gasteiger partial charge in [-0.25, -0.2) is 25.3 Å². The molecule has 0 aromatic heterocycles. The van der Waals surface area contributed by atoms with Gasteiger partial charge in [0.2, 0.25) is 20.0 Å². The molecule has 1 aliphatic heterocycles. The first-order chi connectivity index (χ1) is 9.08. The van der Waals surface area contributed by atoms with Gasteiger partial charge in [0.1, 0.15) is 5.37 Å². The molecule has 0 spiro atoms. The van der Waals surface area contributed by atoms with E-state index in [1.165, 1.54) is 0 Å². The number of sulfonamides is 2. The predicted molar refractivity (Wildman–Crippen MR) is 76.6 cm³/mol. The molecule has 0 aliphatic carbocycles. The lowest BCUT2D eigenvalue weighted by Crippen LogP contribution is -2.48. The number of hydrogen-bond acceptors (Lipinski definition) is 6. The van der Waals surface area contributed by atoms with Crippen molar-refractivity contribution in [3.63, 3.8) is 0 Å². The monoisotopic (exact) mass is 343 g/mol. The van der Waals surface area contributed by atoms with E-state index >= 15 is 0 Å². The van der Waals surface area contributed by atoms with Crippen molar-refractivity contribution < 1.29 is 25.3 Å². The minimum atomic E-state index is -4.31. The second-order valence-corrected chi connectivity index (χ2v) is 10.6. The van der Waals surface area contributed by atoms with Gasteiger partial charge in [-0.3, -0.25) is 0 Å². The standard InChI is InChI=1S/C10H17NO6S3/c1-3-7-19(14,15)11(20(16,17)8-4-2)10-6-5-9-18(10,12)13/h3-4,10H,1-2,5-9H2. The second-order valence-electron chi connectivity index (χ2n) is 4.32. The molecule has 1 rings (SSSR count). The van der Waals surface area contributed by atoms with Crippen LogP contribution in [0.1, 0.15) is 12.8 Å². The lowest BCUT2D eigenvalue weighted by Gasteiger charge is -2.25. The lowest BCUT2D eigenvalue weighted by atomic mass is 10.3. The summed E-state index contributed by atoms with van der Waals surface area (Å²) in [5.41, 5.74) is 0. The van der Waals surface area contributed by atoms with Crippen LogP contribution in [0, 0.1) is 0 Å². The zero-order valence-electron chi connectivity index (χ0n) is 10.8. The SMILES string of the molecule is C=CCS(=O)(=O)N(C1CCCS1(=O)=O)S(=O)(=O)CC=C. The molecular formula is C10H17NO6S3. The van der Waals surface area contributed by atoms with Crippen LogP contribution in [0.4, 0.5) is 0 Å². The van der Waals surface area contributed by atoms with E-state index in [0.717, 1.165) is 12.2 Å². The summed E-state index contributed by atoms with van der Waals surface area (Å²) in [6, 6.07) is 0. The number of nitrogens with zero attached hydrogens (tertiary/aromatic N) is 1. The molecule has 0 N–H and O–H groups in total. The fourth-order valence-electron chi connectivity index (χ4n) is 1.99. The molecule has 116 valence electrons. The fourth-order valence-corrected chi connectivity index (χ4v) is 8.76. The van der Waals surface area contributed by atoms with E-state index in [0.29, 0.717) is 0 Å². The normalized spacial score (nSPS) is 22.8. The zero-order chi connectivity index (χ0) is 15.6. The molecule has 0 aromatic carbocycles. The molecule has 1 atom stereocenters. The first-order valence-corrected chi connectivity index (χ1v) is 10.7. The lowest BCUT2D eigenvalue weighted by molar-refractivity contribution is 0.467. The molecule has 7 nitrogen and oxygen atoms in total. The van der Waals surface area contributed by atoms with Crippen molar-refractivity contribution in [1.82, 2.24) is 3.71 Å². The van der Waals surface area contributed by atoms with Crippen molar-refractivity contribution in [2.45, 2.75) is 18.2 Å². The van der Waals surface area contributed by atoms with Crippen LogP contribution in [0.15, 0.2) is 25.3 Å². The molecule has 0 radical (unpaired) electrons. The number of sulfone groups is 1. The minimum Gasteiger partial charge on any atom is -0.227 e. The Morgan fingerprint density at radius 2 is 1.50 bits per heavy atom. The van der Waals surface area contributed by atoms with Crippen LogP contribution in [-0.2, 0) is 29.9 Å². The van der Waals surface area contributed by atoms with Crippen molar-refractivity contribution in [2.75, 3.05) is 17.3 Å². The van der Waals surface area contributed by atoms with Crippen LogP contribution >= 0.6 is 0 Å². The van der Waals surface area contributed by atoms with E-state index < -0.39 is 46.8 Å². The van der Waals surface area contributed by atoms with Crippen LogP contribution in [0.25, 0.3) is 0 Å². The fraction of sp³-hybridized carbons (Fsp3) is 0.600. The Morgan fingerprint density at radius 3 is 1.80 bits per heavy atom. The quantitative estimate of drug-likeness (QED) is 0.595. The van der Waals surface area contributed by atoms with Gasteiger partial charge in [-0.05, 0) is 12.8 Å². The maximum Gasteiger partial charge on any atom is 0.231 e. The number of rotatable bonds is 7. The summed E-state index contributed by atoms with van der Waals surface area (Å²) in [5, 5.41) is -1.56. The van der Waals surface area contributed by atoms with Crippen LogP contribution in [0.3, 0.4) is 0 Å². The van der Waals surface area contributed by atoms with E-state index in [1.54, 1.807) is 0 Å². The third-order valence-electron chi connectivity index (χ3n) is 2.73. The summed E-state index contributed by atoms with van der Waals surface area (Å²) >= 11 is 0. The van der Waals surface area contributed by atoms with Crippen molar-refractivity contribution in [3.8, 4) is 0 Å². The minimum absolute atomic E-state index is 0.0327. The molecule has 0 saturated carbocycles. The highest BCUT2D eigenvalue weighted by Crippen LogP contribution is 2.29. The van der Waals surface area contributed by atoms with Crippen LogP contribution in [-0.4, -0.2) is 51.6 Å². The molecule has 10 heteroatoms. The molecule has 0 bridgehead atoms. The first kappa shape index (κ1) is 17.3. The van der Waals surface area contributed by atoms with E-state index in [9.17, 15) is 25.3 Å². The second kappa shape index (κ2) is 5.96. The Hall–Kier alpha value is -0.710. The van der Waals surface area contributed by atoms with Gasteiger partial charge in [-0.15, -0.1) is 13.2 Å². The van der Waals surface area contributed by atoms with Crippen LogP contribution in [0.5, 0.6) is 0 Å². The molecule has 20 heavy (non-hydrogen) atoms. The first-order valence-electron chi connectivity index (χ1n) is 5.77. The van der Waals surface area contributed by atoms with Gasteiger partial charge in [-0.2, -0.15) is 0 Å². The molecular weight excluding hydrogens is 326 g/mol. The smallest absolute Gasteiger partial charge is 0.227 e. The van der Waals surface area contributed by atoms with E-state index in [1.807, 2.05) is 0 Å². The van der Waals surface area contributed by atoms with E-state index in [-0.39, 0.29) is 22.3 Å². The maximum atomic E-state index is 12.1. The third kappa shape index (κ3) is 3.48. The van der Waals surface area contributed by atoms with Gasteiger partial charge in [0.05, 0.1) is 17.3 Å². The summed E-state index contributed by atoms with van der Waals surface area (Å²) in [6.45, 7) is 6.50. The highest BCUT2D eigenvalue weighted by atomic mass is 32.3. The summed E-state index contributed by atoms with van der Waals surface area (Å²) < 4.78 is 72.3. The third-order valence-corrected chi connectivity index (χ3v) is 9.42. The molecule has 1 heterocycles. The predicted octanol–water partition coefficient (Wildman–Crippen LogP) is -0.145. The summed E-state index contributed by atoms with van der Waals surface area (Å²) in [4.78, 5) is 0. The van der Waals surface area contributed by atoms with Crippen LogP contribution in [0.2, 0.25) is 0 Å². The van der Waals surface area contributed by atoms with Crippen molar-refractivity contribution in [1.29, 1.82) is 0 Å². The molecule has 0 aromatic rings. The number of hydrogen-bond donors (Lipinski definition) is 0. The highest BCUT2D eigenvalue weighted by Gasteiger charge is 2.47. The molecule has 1 unspecified atom stereocenters. The van der Waals surface area contributed by atoms with Crippen molar-refractivity contribution >= 4 is 29.9 Å². The van der Waals surface area contributed by atoms with Crippen molar-refractivity contribution in [3.05, 3.63) is 25.3 Å². The van der Waals surface area contributed by atoms with Crippen molar-refractivity contribution in [2.24, 2.45) is 0 Å². The van der Waals surface area contributed by atoms with Gasteiger partial charge in [0.15, 0.2) is 9.84 Å². The van der Waals surface area contributed by atoms with E-state index in [4.69, 9.17) is 0 Å². The van der Waals surface area contributed by atoms with E-state index in [2.05, 4.69) is 13.2 Å². The van der Waals surface area contributed by atoms with Gasteiger partial charge >= 0.3 is 0 Å². The van der Waals surface area contributed by atoms with Gasteiger partial charge in [0, 0.05) is 0 Å². The van der Waals surface area contributed by atoms with Gasteiger partial charge < -0.3 is 0 Å². The highest BCUT2D eigenvalue weighted by molar-refractivity contribution is 8.05. The summed E-state index contributed by atoms with van der Waals surface area (Å²) in [5.74, 6) is -1.51. The van der Waals surface area contributed by atoms with Crippen LogP contribution < -0.4 is 0 Å². The Balaban J connectivity index is 3.44. The molecule has 1 aliphatic rings. The maximum absolute atomic E-state index is 12.1. The van der Waals surface area contributed by atoms with Gasteiger partial charge in [-0.1, -0.05) is 15.9 Å². The summed E-state index contributed by atoms with van der Waals surface area (Å²) in [7, 11) is -12.4. The molecule has 1 fully saturated rings. The summed E-state index contributed by atoms with van der Waals surface area (Å²) in [6.07, 6.45) is 2.24. The Bertz CT molecular complexity index is 649. The largest absolute Gasteiger partial charge is 0.231 e. The molecule has 1 saturated heterocycles. The topological polar surface area (TPSA) is 106 Å². The Morgan fingerprint density at radius 1 is 1.05 bits per heavy atom.